The quantitative estimate of drug-likeness (QED) is 0.559. The maximum absolute atomic E-state index is 12.9. The smallest absolute Gasteiger partial charge is 0.307 e. The predicted octanol–water partition coefficient (Wildman–Crippen LogP) is 1.50. The number of benzene rings is 1. The summed E-state index contributed by atoms with van der Waals surface area (Å²) in [7, 11) is 0. The van der Waals surface area contributed by atoms with Crippen LogP contribution < -0.4 is 5.73 Å². The molecular formula is C8H9FN2O2. The van der Waals surface area contributed by atoms with Crippen LogP contribution in [-0.2, 0) is 6.54 Å². The molecule has 0 spiro atoms. The van der Waals surface area contributed by atoms with E-state index in [9.17, 15) is 14.5 Å². The number of rotatable bonds is 2. The molecule has 13 heavy (non-hydrogen) atoms. The van der Waals surface area contributed by atoms with Crippen molar-refractivity contribution in [3.8, 4) is 0 Å². The Morgan fingerprint density at radius 1 is 1.62 bits per heavy atom. The van der Waals surface area contributed by atoms with Gasteiger partial charge in [0.05, 0.1) is 4.92 Å². The monoisotopic (exact) mass is 184 g/mol. The van der Waals surface area contributed by atoms with Crippen LogP contribution in [0.25, 0.3) is 0 Å². The lowest BCUT2D eigenvalue weighted by molar-refractivity contribution is -0.388. The van der Waals surface area contributed by atoms with E-state index in [0.29, 0.717) is 11.1 Å². The molecule has 0 amide bonds. The van der Waals surface area contributed by atoms with E-state index in [-0.39, 0.29) is 6.54 Å². The summed E-state index contributed by atoms with van der Waals surface area (Å²) in [6.45, 7) is 1.66. The van der Waals surface area contributed by atoms with E-state index >= 15 is 0 Å². The van der Waals surface area contributed by atoms with Crippen LogP contribution in [0, 0.1) is 22.9 Å². The molecule has 70 valence electrons. The molecule has 0 fully saturated rings. The van der Waals surface area contributed by atoms with Gasteiger partial charge in [-0.15, -0.1) is 0 Å². The predicted molar refractivity (Wildman–Crippen MR) is 45.7 cm³/mol. The minimum absolute atomic E-state index is 0.174. The first-order valence-corrected chi connectivity index (χ1v) is 3.70. The summed E-state index contributed by atoms with van der Waals surface area (Å²) >= 11 is 0. The van der Waals surface area contributed by atoms with Crippen molar-refractivity contribution in [3.63, 3.8) is 0 Å². The zero-order valence-corrected chi connectivity index (χ0v) is 7.08. The zero-order valence-electron chi connectivity index (χ0n) is 7.08. The summed E-state index contributed by atoms with van der Waals surface area (Å²) in [6.07, 6.45) is 0. The second-order valence-electron chi connectivity index (χ2n) is 2.64. The molecule has 1 aromatic rings. The van der Waals surface area contributed by atoms with Crippen LogP contribution in [-0.4, -0.2) is 4.92 Å². The summed E-state index contributed by atoms with van der Waals surface area (Å²) in [5.41, 5.74) is 5.73. The first kappa shape index (κ1) is 9.60. The van der Waals surface area contributed by atoms with Crippen molar-refractivity contribution in [1.29, 1.82) is 0 Å². The number of nitrogens with two attached hydrogens (primary N) is 1. The van der Waals surface area contributed by atoms with E-state index in [0.717, 1.165) is 6.07 Å². The largest absolute Gasteiger partial charge is 0.326 e. The van der Waals surface area contributed by atoms with Crippen LogP contribution in [0.4, 0.5) is 10.1 Å². The molecule has 0 atom stereocenters. The van der Waals surface area contributed by atoms with Crippen molar-refractivity contribution in [1.82, 2.24) is 0 Å². The summed E-state index contributed by atoms with van der Waals surface area (Å²) in [5, 5.41) is 10.4. The molecule has 2 N–H and O–H groups in total. The molecule has 4 nitrogen and oxygen atoms in total. The molecule has 0 aliphatic carbocycles. The van der Waals surface area contributed by atoms with Crippen LogP contribution in [0.5, 0.6) is 0 Å². The number of halogens is 1. The fourth-order valence-electron chi connectivity index (χ4n) is 1.15. The first-order chi connectivity index (χ1) is 6.07. The SMILES string of the molecule is Cc1c(CN)ccc(F)c1[N+](=O)[O-]. The van der Waals surface area contributed by atoms with Gasteiger partial charge in [0.2, 0.25) is 5.82 Å². The fourth-order valence-corrected chi connectivity index (χ4v) is 1.15. The molecular weight excluding hydrogens is 175 g/mol. The second kappa shape index (κ2) is 3.49. The summed E-state index contributed by atoms with van der Waals surface area (Å²) in [5.74, 6) is -0.820. The second-order valence-corrected chi connectivity index (χ2v) is 2.64. The van der Waals surface area contributed by atoms with Gasteiger partial charge in [-0.3, -0.25) is 10.1 Å². The molecule has 0 saturated heterocycles. The minimum atomic E-state index is -0.820. The van der Waals surface area contributed by atoms with E-state index < -0.39 is 16.4 Å². The van der Waals surface area contributed by atoms with Gasteiger partial charge in [0.1, 0.15) is 0 Å². The van der Waals surface area contributed by atoms with Crippen LogP contribution >= 0.6 is 0 Å². The highest BCUT2D eigenvalue weighted by Gasteiger charge is 2.19. The molecule has 0 aliphatic rings. The Morgan fingerprint density at radius 2 is 2.23 bits per heavy atom. The Hall–Kier alpha value is -1.49. The number of nitrogens with zero attached hydrogens (tertiary/aromatic N) is 1. The van der Waals surface area contributed by atoms with Gasteiger partial charge < -0.3 is 5.73 Å². The van der Waals surface area contributed by atoms with Crippen LogP contribution in [0.2, 0.25) is 0 Å². The van der Waals surface area contributed by atoms with Gasteiger partial charge in [-0.05, 0) is 18.6 Å². The molecule has 0 heterocycles. The maximum atomic E-state index is 12.9. The van der Waals surface area contributed by atoms with Crippen molar-refractivity contribution < 1.29 is 9.31 Å². The zero-order chi connectivity index (χ0) is 10.0. The third kappa shape index (κ3) is 1.65. The average Bonchev–Trinajstić information content (AvgIpc) is 2.04. The molecule has 0 unspecified atom stereocenters. The van der Waals surface area contributed by atoms with Crippen LogP contribution in [0.3, 0.4) is 0 Å². The van der Waals surface area contributed by atoms with Crippen LogP contribution in [0.1, 0.15) is 11.1 Å². The number of hydrogen-bond donors (Lipinski definition) is 1. The lowest BCUT2D eigenvalue weighted by Crippen LogP contribution is -2.03. The highest BCUT2D eigenvalue weighted by atomic mass is 19.1. The standard InChI is InChI=1S/C8H9FN2O2/c1-5-6(4-10)2-3-7(9)8(5)11(12)13/h2-3H,4,10H2,1H3. The highest BCUT2D eigenvalue weighted by molar-refractivity contribution is 5.45. The Kier molecular flexibility index (Phi) is 2.57. The van der Waals surface area contributed by atoms with Gasteiger partial charge in [0, 0.05) is 12.1 Å². The number of nitro groups is 1. The van der Waals surface area contributed by atoms with Gasteiger partial charge >= 0.3 is 5.69 Å². The normalized spacial score (nSPS) is 10.1. The molecule has 0 radical (unpaired) electrons. The van der Waals surface area contributed by atoms with E-state index in [4.69, 9.17) is 5.73 Å². The topological polar surface area (TPSA) is 69.2 Å². The maximum Gasteiger partial charge on any atom is 0.307 e. The minimum Gasteiger partial charge on any atom is -0.326 e. The summed E-state index contributed by atoms with van der Waals surface area (Å²) < 4.78 is 12.9. The van der Waals surface area contributed by atoms with Gasteiger partial charge in [-0.2, -0.15) is 4.39 Å². The van der Waals surface area contributed by atoms with Gasteiger partial charge in [-0.1, -0.05) is 6.07 Å². The number of nitro benzene ring substituents is 1. The van der Waals surface area contributed by atoms with Crippen molar-refractivity contribution >= 4 is 5.69 Å². The Bertz CT molecular complexity index is 352. The Morgan fingerprint density at radius 3 is 2.69 bits per heavy atom. The van der Waals surface area contributed by atoms with Crippen molar-refractivity contribution in [3.05, 3.63) is 39.2 Å². The van der Waals surface area contributed by atoms with E-state index in [1.807, 2.05) is 0 Å². The molecule has 0 aromatic heterocycles. The third-order valence-corrected chi connectivity index (χ3v) is 1.90. The van der Waals surface area contributed by atoms with E-state index in [1.54, 1.807) is 0 Å². The van der Waals surface area contributed by atoms with Crippen LogP contribution in [0.15, 0.2) is 12.1 Å². The number of hydrogen-bond acceptors (Lipinski definition) is 3. The molecule has 5 heteroatoms. The first-order valence-electron chi connectivity index (χ1n) is 3.70. The van der Waals surface area contributed by atoms with E-state index in [2.05, 4.69) is 0 Å². The van der Waals surface area contributed by atoms with Crippen molar-refractivity contribution in [2.75, 3.05) is 0 Å². The van der Waals surface area contributed by atoms with Gasteiger partial charge in [-0.25, -0.2) is 0 Å². The molecule has 1 aromatic carbocycles. The molecule has 1 rings (SSSR count). The van der Waals surface area contributed by atoms with Gasteiger partial charge in [0.15, 0.2) is 0 Å². The summed E-state index contributed by atoms with van der Waals surface area (Å²) in [6, 6.07) is 2.52. The lowest BCUT2D eigenvalue weighted by atomic mass is 10.1. The molecule has 0 aliphatic heterocycles. The highest BCUT2D eigenvalue weighted by Crippen LogP contribution is 2.24. The summed E-state index contributed by atoms with van der Waals surface area (Å²) in [4.78, 5) is 9.70. The third-order valence-electron chi connectivity index (χ3n) is 1.90. The lowest BCUT2D eigenvalue weighted by Gasteiger charge is -2.03. The van der Waals surface area contributed by atoms with Crippen molar-refractivity contribution in [2.45, 2.75) is 13.5 Å². The molecule has 0 bridgehead atoms. The van der Waals surface area contributed by atoms with Gasteiger partial charge in [0.25, 0.3) is 0 Å². The molecule has 0 saturated carbocycles. The average molecular weight is 184 g/mol. The fraction of sp³-hybridized carbons (Fsp3) is 0.250. The Labute approximate surface area is 74.3 Å². The van der Waals surface area contributed by atoms with E-state index in [1.165, 1.54) is 13.0 Å². The Balaban J connectivity index is 3.38. The van der Waals surface area contributed by atoms with Crippen molar-refractivity contribution in [2.24, 2.45) is 5.73 Å².